The molecule has 2 aromatic rings. The molecule has 1 saturated heterocycles. The number of carbonyl (C=O) groups excluding carboxylic acids is 1. The van der Waals surface area contributed by atoms with Gasteiger partial charge in [0.15, 0.2) is 0 Å². The number of hydrogen-bond acceptors (Lipinski definition) is 4. The van der Waals surface area contributed by atoms with E-state index in [2.05, 4.69) is 57.8 Å². The summed E-state index contributed by atoms with van der Waals surface area (Å²) in [5.41, 5.74) is 2.67. The van der Waals surface area contributed by atoms with E-state index in [9.17, 15) is 4.79 Å². The molecule has 4 rings (SSSR count). The van der Waals surface area contributed by atoms with Gasteiger partial charge in [0.05, 0.1) is 6.04 Å². The Morgan fingerprint density at radius 2 is 2.07 bits per heavy atom. The van der Waals surface area contributed by atoms with Crippen molar-refractivity contribution in [3.8, 4) is 0 Å². The summed E-state index contributed by atoms with van der Waals surface area (Å²) >= 11 is 0. The first-order chi connectivity index (χ1) is 13.2. The number of rotatable bonds is 4. The number of nitrogens with zero attached hydrogens (tertiary/aromatic N) is 5. The quantitative estimate of drug-likeness (QED) is 0.833. The van der Waals surface area contributed by atoms with Crippen LogP contribution in [0.3, 0.4) is 0 Å². The predicted molar refractivity (Wildman–Crippen MR) is 104 cm³/mol. The molecular formula is C21H29N5O. The first-order valence-corrected chi connectivity index (χ1v) is 10.1. The zero-order valence-corrected chi connectivity index (χ0v) is 16.3. The fraction of sp³-hybridized carbons (Fsp3) is 0.571. The highest BCUT2D eigenvalue weighted by atomic mass is 16.2. The molecule has 144 valence electrons. The lowest BCUT2D eigenvalue weighted by molar-refractivity contribution is -0.137. The van der Waals surface area contributed by atoms with E-state index in [1.165, 1.54) is 11.1 Å². The van der Waals surface area contributed by atoms with Crippen LogP contribution >= 0.6 is 0 Å². The number of aromatic nitrogens is 3. The number of carbonyl (C=O) groups is 1. The second kappa shape index (κ2) is 7.80. The maximum Gasteiger partial charge on any atom is 0.239 e. The van der Waals surface area contributed by atoms with Gasteiger partial charge < -0.3 is 9.47 Å². The zero-order chi connectivity index (χ0) is 18.8. The van der Waals surface area contributed by atoms with E-state index in [0.717, 1.165) is 57.8 Å². The molecule has 6 nitrogen and oxygen atoms in total. The number of hydrogen-bond donors (Lipinski definition) is 0. The van der Waals surface area contributed by atoms with Gasteiger partial charge in [-0.05, 0) is 50.8 Å². The van der Waals surface area contributed by atoms with Crippen LogP contribution in [0.25, 0.3) is 0 Å². The van der Waals surface area contributed by atoms with Crippen LogP contribution in [-0.2, 0) is 24.3 Å². The number of amides is 1. The van der Waals surface area contributed by atoms with Crippen LogP contribution in [0.4, 0.5) is 0 Å². The number of piperidine rings is 1. The van der Waals surface area contributed by atoms with Gasteiger partial charge in [-0.25, -0.2) is 0 Å². The fourth-order valence-electron chi connectivity index (χ4n) is 4.50. The van der Waals surface area contributed by atoms with Crippen molar-refractivity contribution in [1.82, 2.24) is 24.6 Å². The van der Waals surface area contributed by atoms with Gasteiger partial charge in [0.25, 0.3) is 0 Å². The van der Waals surface area contributed by atoms with Crippen LogP contribution in [0.1, 0.15) is 49.6 Å². The molecular weight excluding hydrogens is 338 g/mol. The topological polar surface area (TPSA) is 54.3 Å². The molecule has 0 saturated carbocycles. The Morgan fingerprint density at radius 3 is 2.89 bits per heavy atom. The largest absolute Gasteiger partial charge is 0.337 e. The average molecular weight is 367 g/mol. The van der Waals surface area contributed by atoms with E-state index in [0.29, 0.717) is 5.92 Å². The minimum atomic E-state index is -0.0870. The summed E-state index contributed by atoms with van der Waals surface area (Å²) in [6.45, 7) is 8.50. The SMILES string of the molecule is CCn1cnnc1C1CCCN(C(C)C(=O)N2CCc3ccccc3C2)C1. The first-order valence-electron chi connectivity index (χ1n) is 10.1. The fourth-order valence-corrected chi connectivity index (χ4v) is 4.50. The van der Waals surface area contributed by atoms with Gasteiger partial charge in [-0.1, -0.05) is 24.3 Å². The van der Waals surface area contributed by atoms with Crippen molar-refractivity contribution in [3.05, 3.63) is 47.5 Å². The highest BCUT2D eigenvalue weighted by molar-refractivity contribution is 5.81. The molecule has 2 unspecified atom stereocenters. The van der Waals surface area contributed by atoms with E-state index < -0.39 is 0 Å². The summed E-state index contributed by atoms with van der Waals surface area (Å²) in [6, 6.07) is 8.39. The number of benzene rings is 1. The molecule has 2 aliphatic rings. The Morgan fingerprint density at radius 1 is 1.26 bits per heavy atom. The van der Waals surface area contributed by atoms with Crippen LogP contribution in [0.2, 0.25) is 0 Å². The maximum atomic E-state index is 13.2. The maximum absolute atomic E-state index is 13.2. The van der Waals surface area contributed by atoms with Crippen molar-refractivity contribution in [2.45, 2.75) is 58.2 Å². The third-order valence-corrected chi connectivity index (χ3v) is 6.15. The van der Waals surface area contributed by atoms with Crippen LogP contribution in [0.15, 0.2) is 30.6 Å². The van der Waals surface area contributed by atoms with Gasteiger partial charge >= 0.3 is 0 Å². The van der Waals surface area contributed by atoms with Crippen molar-refractivity contribution in [2.24, 2.45) is 0 Å². The van der Waals surface area contributed by atoms with Gasteiger partial charge in [0.2, 0.25) is 5.91 Å². The molecule has 1 aromatic carbocycles. The van der Waals surface area contributed by atoms with E-state index in [1.54, 1.807) is 0 Å². The highest BCUT2D eigenvalue weighted by Crippen LogP contribution is 2.28. The monoisotopic (exact) mass is 367 g/mol. The number of fused-ring (bicyclic) bond motifs is 1. The lowest BCUT2D eigenvalue weighted by Gasteiger charge is -2.39. The van der Waals surface area contributed by atoms with Crippen molar-refractivity contribution >= 4 is 5.91 Å². The average Bonchev–Trinajstić information content (AvgIpc) is 3.21. The van der Waals surface area contributed by atoms with Crippen LogP contribution in [0.5, 0.6) is 0 Å². The third kappa shape index (κ3) is 3.63. The Balaban J connectivity index is 1.43. The van der Waals surface area contributed by atoms with Gasteiger partial charge in [-0.3, -0.25) is 9.69 Å². The van der Waals surface area contributed by atoms with Crippen molar-refractivity contribution in [2.75, 3.05) is 19.6 Å². The summed E-state index contributed by atoms with van der Waals surface area (Å²) in [7, 11) is 0. The molecule has 0 N–H and O–H groups in total. The summed E-state index contributed by atoms with van der Waals surface area (Å²) < 4.78 is 2.13. The van der Waals surface area contributed by atoms with E-state index in [4.69, 9.17) is 0 Å². The molecule has 0 aliphatic carbocycles. The van der Waals surface area contributed by atoms with Crippen molar-refractivity contribution in [1.29, 1.82) is 0 Å². The smallest absolute Gasteiger partial charge is 0.239 e. The Hall–Kier alpha value is -2.21. The number of likely N-dealkylation sites (tertiary alicyclic amines) is 1. The van der Waals surface area contributed by atoms with Gasteiger partial charge in [0.1, 0.15) is 12.2 Å². The second-order valence-electron chi connectivity index (χ2n) is 7.76. The van der Waals surface area contributed by atoms with Crippen molar-refractivity contribution in [3.63, 3.8) is 0 Å². The molecule has 3 heterocycles. The zero-order valence-electron chi connectivity index (χ0n) is 16.3. The molecule has 27 heavy (non-hydrogen) atoms. The summed E-state index contributed by atoms with van der Waals surface area (Å²) in [5, 5.41) is 8.44. The number of aryl methyl sites for hydroxylation is 1. The van der Waals surface area contributed by atoms with Crippen LogP contribution < -0.4 is 0 Å². The lowest BCUT2D eigenvalue weighted by atomic mass is 9.95. The van der Waals surface area contributed by atoms with E-state index in [-0.39, 0.29) is 11.9 Å². The molecule has 1 aromatic heterocycles. The Bertz CT molecular complexity index is 801. The molecule has 0 radical (unpaired) electrons. The minimum absolute atomic E-state index is 0.0870. The van der Waals surface area contributed by atoms with Gasteiger partial charge in [0, 0.05) is 32.1 Å². The molecule has 6 heteroatoms. The minimum Gasteiger partial charge on any atom is -0.337 e. The molecule has 1 amide bonds. The van der Waals surface area contributed by atoms with E-state index >= 15 is 0 Å². The van der Waals surface area contributed by atoms with E-state index in [1.807, 2.05) is 11.2 Å². The van der Waals surface area contributed by atoms with Crippen LogP contribution in [-0.4, -0.2) is 56.1 Å². The summed E-state index contributed by atoms with van der Waals surface area (Å²) in [4.78, 5) is 17.5. The van der Waals surface area contributed by atoms with Gasteiger partial charge in [-0.15, -0.1) is 10.2 Å². The normalized spacial score (nSPS) is 21.7. The Labute approximate surface area is 161 Å². The summed E-state index contributed by atoms with van der Waals surface area (Å²) in [5.74, 6) is 1.68. The predicted octanol–water partition coefficient (Wildman–Crippen LogP) is 2.45. The third-order valence-electron chi connectivity index (χ3n) is 6.15. The molecule has 2 atom stereocenters. The molecule has 0 spiro atoms. The molecule has 2 aliphatic heterocycles. The molecule has 0 bridgehead atoms. The van der Waals surface area contributed by atoms with Crippen LogP contribution in [0, 0.1) is 0 Å². The summed E-state index contributed by atoms with van der Waals surface area (Å²) in [6.07, 6.45) is 4.99. The first kappa shape index (κ1) is 18.2. The highest BCUT2D eigenvalue weighted by Gasteiger charge is 2.33. The second-order valence-corrected chi connectivity index (χ2v) is 7.76. The standard InChI is InChI=1S/C21H29N5O/c1-3-24-15-22-23-20(24)19-9-6-11-25(14-19)16(2)21(27)26-12-10-17-7-4-5-8-18(17)13-26/h4-5,7-8,15-16,19H,3,6,9-14H2,1-2H3. The lowest BCUT2D eigenvalue weighted by Crippen LogP contribution is -2.51. The van der Waals surface area contributed by atoms with Crippen molar-refractivity contribution < 1.29 is 4.79 Å². The van der Waals surface area contributed by atoms with Gasteiger partial charge in [-0.2, -0.15) is 0 Å². The Kier molecular flexibility index (Phi) is 5.25. The molecule has 1 fully saturated rings.